The zero-order valence-corrected chi connectivity index (χ0v) is 17.7. The number of nitrogens with zero attached hydrogens (tertiary/aromatic N) is 1. The maximum Gasteiger partial charge on any atom is 0.410 e. The van der Waals surface area contributed by atoms with Crippen LogP contribution in [0.15, 0.2) is 54.6 Å². The van der Waals surface area contributed by atoms with E-state index >= 15 is 0 Å². The molecule has 0 saturated carbocycles. The first-order valence-electron chi connectivity index (χ1n) is 9.58. The molecule has 29 heavy (non-hydrogen) atoms. The van der Waals surface area contributed by atoms with Gasteiger partial charge in [0.2, 0.25) is 0 Å². The molecule has 6 heteroatoms. The summed E-state index contributed by atoms with van der Waals surface area (Å²) in [5.41, 5.74) is 0.445. The monoisotopic (exact) mass is 399 g/mol. The van der Waals surface area contributed by atoms with E-state index in [2.05, 4.69) is 0 Å². The van der Waals surface area contributed by atoms with E-state index < -0.39 is 5.60 Å². The van der Waals surface area contributed by atoms with Crippen LogP contribution >= 0.6 is 0 Å². The first-order valence-corrected chi connectivity index (χ1v) is 9.58. The second-order valence-electron chi connectivity index (χ2n) is 7.78. The lowest BCUT2D eigenvalue weighted by Gasteiger charge is -2.26. The van der Waals surface area contributed by atoms with E-state index in [-0.39, 0.29) is 18.2 Å². The molecule has 0 aromatic heterocycles. The summed E-state index contributed by atoms with van der Waals surface area (Å²) in [6, 6.07) is 16.7. The number of amides is 1. The van der Waals surface area contributed by atoms with Crippen molar-refractivity contribution in [2.75, 3.05) is 13.6 Å². The van der Waals surface area contributed by atoms with Crippen molar-refractivity contribution >= 4 is 12.1 Å². The van der Waals surface area contributed by atoms with Crippen LogP contribution in [0.3, 0.4) is 0 Å². The zero-order valence-electron chi connectivity index (χ0n) is 17.7. The van der Waals surface area contributed by atoms with Gasteiger partial charge in [-0.25, -0.2) is 4.79 Å². The van der Waals surface area contributed by atoms with Gasteiger partial charge in [0.25, 0.3) is 0 Å². The summed E-state index contributed by atoms with van der Waals surface area (Å²) in [7, 11) is 1.71. The van der Waals surface area contributed by atoms with Gasteiger partial charge >= 0.3 is 12.1 Å². The van der Waals surface area contributed by atoms with Crippen molar-refractivity contribution in [2.24, 2.45) is 0 Å². The Morgan fingerprint density at radius 2 is 1.66 bits per heavy atom. The second-order valence-corrected chi connectivity index (χ2v) is 7.78. The Morgan fingerprint density at radius 1 is 1.00 bits per heavy atom. The van der Waals surface area contributed by atoms with E-state index in [1.807, 2.05) is 51.1 Å². The molecule has 0 spiro atoms. The van der Waals surface area contributed by atoms with Crippen LogP contribution in [0, 0.1) is 0 Å². The van der Waals surface area contributed by atoms with Crippen molar-refractivity contribution in [1.29, 1.82) is 0 Å². The third-order valence-corrected chi connectivity index (χ3v) is 3.95. The highest BCUT2D eigenvalue weighted by Gasteiger charge is 2.21. The van der Waals surface area contributed by atoms with Gasteiger partial charge in [-0.15, -0.1) is 0 Å². The lowest BCUT2D eigenvalue weighted by atomic mass is 10.1. The number of rotatable bonds is 7. The van der Waals surface area contributed by atoms with Gasteiger partial charge in [0.05, 0.1) is 0 Å². The maximum absolute atomic E-state index is 12.2. The number of benzene rings is 2. The molecule has 0 radical (unpaired) electrons. The summed E-state index contributed by atoms with van der Waals surface area (Å²) < 4.78 is 16.7. The van der Waals surface area contributed by atoms with Crippen LogP contribution in [0.4, 0.5) is 4.79 Å². The highest BCUT2D eigenvalue weighted by atomic mass is 16.6. The van der Waals surface area contributed by atoms with E-state index in [1.54, 1.807) is 36.2 Å². The molecule has 1 unspecified atom stereocenters. The molecule has 6 nitrogen and oxygen atoms in total. The lowest BCUT2D eigenvalue weighted by Crippen LogP contribution is -2.35. The van der Waals surface area contributed by atoms with Gasteiger partial charge in [0, 0.05) is 33.0 Å². The van der Waals surface area contributed by atoms with Crippen molar-refractivity contribution in [3.05, 3.63) is 60.2 Å². The largest absolute Gasteiger partial charge is 0.486 e. The Bertz CT molecular complexity index is 814. The summed E-state index contributed by atoms with van der Waals surface area (Å²) in [5, 5.41) is 0. The average Bonchev–Trinajstić information content (AvgIpc) is 2.64. The summed E-state index contributed by atoms with van der Waals surface area (Å²) in [5.74, 6) is 0.617. The molecule has 0 aliphatic carbocycles. The fraction of sp³-hybridized carbons (Fsp3) is 0.391. The van der Waals surface area contributed by atoms with Gasteiger partial charge in [0.1, 0.15) is 23.2 Å². The molecule has 156 valence electrons. The summed E-state index contributed by atoms with van der Waals surface area (Å²) in [6.45, 7) is 7.32. The van der Waals surface area contributed by atoms with Crippen LogP contribution in [0.25, 0.3) is 0 Å². The first-order chi connectivity index (χ1) is 13.6. The molecule has 0 aliphatic rings. The zero-order chi connectivity index (χ0) is 21.4. The number of carbonyl (C=O) groups excluding carboxylic acids is 2. The number of carbonyl (C=O) groups is 2. The Kier molecular flexibility index (Phi) is 7.65. The summed E-state index contributed by atoms with van der Waals surface area (Å²) in [6.07, 6.45) is -0.0905. The van der Waals surface area contributed by atoms with E-state index in [9.17, 15) is 9.59 Å². The van der Waals surface area contributed by atoms with Crippen molar-refractivity contribution in [1.82, 2.24) is 4.90 Å². The number of esters is 1. The molecule has 2 aromatic rings. The number of ether oxygens (including phenoxy) is 3. The van der Waals surface area contributed by atoms with E-state index in [4.69, 9.17) is 14.2 Å². The predicted octanol–water partition coefficient (Wildman–Crippen LogP) is 4.99. The quantitative estimate of drug-likeness (QED) is 0.485. The SMILES string of the molecule is CC(=O)Oc1cccc(OC(CCN(C)C(=O)OC(C)(C)C)c2ccccc2)c1. The molecule has 0 aliphatic heterocycles. The third kappa shape index (κ3) is 7.86. The molecule has 1 amide bonds. The van der Waals surface area contributed by atoms with Crippen molar-refractivity contribution in [3.8, 4) is 11.5 Å². The predicted molar refractivity (Wildman–Crippen MR) is 111 cm³/mol. The average molecular weight is 399 g/mol. The fourth-order valence-electron chi connectivity index (χ4n) is 2.64. The van der Waals surface area contributed by atoms with Gasteiger partial charge in [0.15, 0.2) is 0 Å². The summed E-state index contributed by atoms with van der Waals surface area (Å²) in [4.78, 5) is 25.0. The van der Waals surface area contributed by atoms with Crippen LogP contribution in [0.2, 0.25) is 0 Å². The number of hydrogen-bond acceptors (Lipinski definition) is 5. The molecule has 0 bridgehead atoms. The van der Waals surface area contributed by atoms with E-state index in [1.165, 1.54) is 6.92 Å². The molecule has 2 rings (SSSR count). The Hall–Kier alpha value is -3.02. The molecule has 0 heterocycles. The van der Waals surface area contributed by atoms with Crippen LogP contribution < -0.4 is 9.47 Å². The van der Waals surface area contributed by atoms with E-state index in [0.717, 1.165) is 5.56 Å². The van der Waals surface area contributed by atoms with Crippen LogP contribution in [0.5, 0.6) is 11.5 Å². The van der Waals surface area contributed by atoms with Gasteiger partial charge < -0.3 is 19.1 Å². The minimum absolute atomic E-state index is 0.284. The Labute approximate surface area is 172 Å². The molecular formula is C23H29NO5. The molecule has 2 aromatic carbocycles. The fourth-order valence-corrected chi connectivity index (χ4v) is 2.64. The first kappa shape index (κ1) is 22.3. The van der Waals surface area contributed by atoms with Gasteiger partial charge in [-0.3, -0.25) is 4.79 Å². The molecule has 0 fully saturated rings. The van der Waals surface area contributed by atoms with Crippen LogP contribution in [-0.2, 0) is 9.53 Å². The molecule has 0 saturated heterocycles. The third-order valence-electron chi connectivity index (χ3n) is 3.95. The Balaban J connectivity index is 2.10. The lowest BCUT2D eigenvalue weighted by molar-refractivity contribution is -0.131. The normalized spacial score (nSPS) is 12.0. The highest BCUT2D eigenvalue weighted by Crippen LogP contribution is 2.28. The number of hydrogen-bond donors (Lipinski definition) is 0. The molecule has 0 N–H and O–H groups in total. The van der Waals surface area contributed by atoms with E-state index in [0.29, 0.717) is 24.5 Å². The van der Waals surface area contributed by atoms with Gasteiger partial charge in [-0.2, -0.15) is 0 Å². The standard InChI is InChI=1S/C23H29NO5/c1-17(25)27-19-12-9-13-20(16-19)28-21(18-10-7-6-8-11-18)14-15-24(5)22(26)29-23(2,3)4/h6-13,16,21H,14-15H2,1-5H3. The van der Waals surface area contributed by atoms with Crippen LogP contribution in [0.1, 0.15) is 45.8 Å². The Morgan fingerprint density at radius 3 is 2.28 bits per heavy atom. The van der Waals surface area contributed by atoms with Crippen molar-refractivity contribution in [3.63, 3.8) is 0 Å². The minimum Gasteiger partial charge on any atom is -0.486 e. The van der Waals surface area contributed by atoms with Crippen molar-refractivity contribution < 1.29 is 23.8 Å². The van der Waals surface area contributed by atoms with Gasteiger partial charge in [-0.05, 0) is 38.5 Å². The smallest absolute Gasteiger partial charge is 0.410 e. The van der Waals surface area contributed by atoms with Crippen LogP contribution in [-0.4, -0.2) is 36.2 Å². The molecule has 1 atom stereocenters. The topological polar surface area (TPSA) is 65.1 Å². The maximum atomic E-state index is 12.2. The highest BCUT2D eigenvalue weighted by molar-refractivity contribution is 5.69. The molecular weight excluding hydrogens is 370 g/mol. The second kappa shape index (κ2) is 9.96. The minimum atomic E-state index is -0.544. The van der Waals surface area contributed by atoms with Gasteiger partial charge in [-0.1, -0.05) is 36.4 Å². The van der Waals surface area contributed by atoms with Crippen molar-refractivity contribution in [2.45, 2.75) is 45.8 Å². The summed E-state index contributed by atoms with van der Waals surface area (Å²) >= 11 is 0.